The average molecular weight is 766 g/mol. The van der Waals surface area contributed by atoms with Gasteiger partial charge in [-0.3, -0.25) is 44.1 Å². The SMILES string of the molecule is CCCCN(Cc1ccc(C(=O)NO)cc1)C(=O)Nc1ccc(OCCCCn2cc(CNc3cccc4c3C(=O)N(C3CCC(=O)NC3=O)C4=O)nn2)cc1. The number of aromatic nitrogens is 3. The zero-order chi connectivity index (χ0) is 39.6. The molecule has 2 aliphatic rings. The van der Waals surface area contributed by atoms with Gasteiger partial charge < -0.3 is 20.3 Å². The Morgan fingerprint density at radius 3 is 2.50 bits per heavy atom. The Bertz CT molecular complexity index is 2080. The summed E-state index contributed by atoms with van der Waals surface area (Å²) in [5.41, 5.74) is 4.83. The number of fused-ring (bicyclic) bond motifs is 1. The molecule has 0 saturated carbocycles. The van der Waals surface area contributed by atoms with Gasteiger partial charge in [0.25, 0.3) is 17.7 Å². The number of benzene rings is 3. The molecule has 17 heteroatoms. The van der Waals surface area contributed by atoms with Crippen LogP contribution in [-0.2, 0) is 29.2 Å². The van der Waals surface area contributed by atoms with Crippen LogP contribution in [0.1, 0.15) is 87.8 Å². The third kappa shape index (κ3) is 9.35. The van der Waals surface area contributed by atoms with Gasteiger partial charge in [-0.15, -0.1) is 5.10 Å². The van der Waals surface area contributed by atoms with Gasteiger partial charge in [-0.05, 0) is 79.8 Å². The van der Waals surface area contributed by atoms with E-state index in [0.717, 1.165) is 36.1 Å². The number of nitrogens with one attached hydrogen (secondary N) is 4. The fourth-order valence-electron chi connectivity index (χ4n) is 6.43. The maximum absolute atomic E-state index is 13.3. The van der Waals surface area contributed by atoms with E-state index >= 15 is 0 Å². The second-order valence-corrected chi connectivity index (χ2v) is 13.4. The van der Waals surface area contributed by atoms with Crippen LogP contribution in [0.3, 0.4) is 0 Å². The molecule has 1 saturated heterocycles. The number of amides is 7. The molecule has 1 unspecified atom stereocenters. The molecule has 1 fully saturated rings. The van der Waals surface area contributed by atoms with Gasteiger partial charge in [0.2, 0.25) is 11.8 Å². The van der Waals surface area contributed by atoms with E-state index in [1.54, 1.807) is 88.0 Å². The number of hydrogen-bond donors (Lipinski definition) is 5. The minimum absolute atomic E-state index is 0.0469. The maximum Gasteiger partial charge on any atom is 0.322 e. The predicted molar refractivity (Wildman–Crippen MR) is 202 cm³/mol. The third-order valence-corrected chi connectivity index (χ3v) is 9.43. The van der Waals surface area contributed by atoms with Crippen molar-refractivity contribution in [3.8, 4) is 5.75 Å². The highest BCUT2D eigenvalue weighted by Crippen LogP contribution is 2.32. The lowest BCUT2D eigenvalue weighted by Gasteiger charge is -2.27. The highest BCUT2D eigenvalue weighted by atomic mass is 16.5. The van der Waals surface area contributed by atoms with Crippen LogP contribution in [0, 0.1) is 0 Å². The molecule has 1 aromatic heterocycles. The van der Waals surface area contributed by atoms with Crippen LogP contribution in [0.5, 0.6) is 5.75 Å². The second kappa shape index (κ2) is 18.1. The smallest absolute Gasteiger partial charge is 0.322 e. The zero-order valence-corrected chi connectivity index (χ0v) is 30.8. The lowest BCUT2D eigenvalue weighted by molar-refractivity contribution is -0.136. The van der Waals surface area contributed by atoms with Gasteiger partial charge in [0.15, 0.2) is 0 Å². The van der Waals surface area contributed by atoms with E-state index in [9.17, 15) is 28.8 Å². The van der Waals surface area contributed by atoms with Crippen molar-refractivity contribution in [2.45, 2.75) is 71.1 Å². The molecule has 5 N–H and O–H groups in total. The van der Waals surface area contributed by atoms with E-state index in [-0.39, 0.29) is 36.5 Å². The topological polar surface area (TPSA) is 217 Å². The summed E-state index contributed by atoms with van der Waals surface area (Å²) < 4.78 is 7.63. The summed E-state index contributed by atoms with van der Waals surface area (Å²) in [4.78, 5) is 77.9. The third-order valence-electron chi connectivity index (χ3n) is 9.43. The minimum Gasteiger partial charge on any atom is -0.494 e. The standard InChI is InChI=1S/C39H43N9O8/c1-2-3-19-46(23-25-9-11-26(12-10-25)35(50)44-55)39(54)41-27-13-15-29(16-14-27)56-21-5-4-20-47-24-28(43-45-47)22-40-31-8-6-7-30-34(31)38(53)48(37(30)52)32-17-18-33(49)42-36(32)51/h6-16,24,32,40,55H,2-5,17-23H2,1H3,(H,41,54)(H,44,50)(H,42,49,51). The van der Waals surface area contributed by atoms with Crippen molar-refractivity contribution in [2.24, 2.45) is 0 Å². The van der Waals surface area contributed by atoms with Crippen LogP contribution < -0.4 is 26.2 Å². The molecule has 3 aromatic carbocycles. The molecule has 0 spiro atoms. The van der Waals surface area contributed by atoms with E-state index in [1.165, 1.54) is 0 Å². The van der Waals surface area contributed by atoms with Crippen molar-refractivity contribution in [2.75, 3.05) is 23.8 Å². The molecule has 292 valence electrons. The molecular weight excluding hydrogens is 722 g/mol. The molecule has 1 atom stereocenters. The fourth-order valence-corrected chi connectivity index (χ4v) is 6.43. The molecule has 17 nitrogen and oxygen atoms in total. The summed E-state index contributed by atoms with van der Waals surface area (Å²) in [5, 5.41) is 25.6. The lowest BCUT2D eigenvalue weighted by Crippen LogP contribution is -2.54. The van der Waals surface area contributed by atoms with Crippen LogP contribution in [0.4, 0.5) is 16.2 Å². The fraction of sp³-hybridized carbons (Fsp3) is 0.333. The zero-order valence-electron chi connectivity index (χ0n) is 30.8. The number of rotatable bonds is 17. The van der Waals surface area contributed by atoms with E-state index in [2.05, 4.69) is 33.2 Å². The number of carbonyl (C=O) groups is 6. The van der Waals surface area contributed by atoms with Gasteiger partial charge in [0.1, 0.15) is 17.5 Å². The first-order chi connectivity index (χ1) is 27.1. The first kappa shape index (κ1) is 39.1. The number of urea groups is 1. The molecule has 0 aliphatic carbocycles. The van der Waals surface area contributed by atoms with Crippen molar-refractivity contribution in [1.82, 2.24) is 35.6 Å². The first-order valence-electron chi connectivity index (χ1n) is 18.4. The van der Waals surface area contributed by atoms with Gasteiger partial charge >= 0.3 is 6.03 Å². The lowest BCUT2D eigenvalue weighted by atomic mass is 10.0. The summed E-state index contributed by atoms with van der Waals surface area (Å²) in [6, 6.07) is 17.4. The van der Waals surface area contributed by atoms with Crippen LogP contribution in [-0.4, -0.2) is 84.8 Å². The quantitative estimate of drug-likeness (QED) is 0.0446. The summed E-state index contributed by atoms with van der Waals surface area (Å²) in [6.45, 7) is 4.29. The number of unbranched alkanes of at least 4 members (excludes halogenated alkanes) is 2. The normalized spacial score (nSPS) is 15.0. The molecule has 4 aromatic rings. The Morgan fingerprint density at radius 2 is 1.77 bits per heavy atom. The number of imide groups is 2. The first-order valence-corrected chi connectivity index (χ1v) is 18.4. The van der Waals surface area contributed by atoms with Crippen LogP contribution in [0.25, 0.3) is 0 Å². The average Bonchev–Trinajstić information content (AvgIpc) is 3.77. The van der Waals surface area contributed by atoms with Crippen LogP contribution >= 0.6 is 0 Å². The van der Waals surface area contributed by atoms with Crippen LogP contribution in [0.15, 0.2) is 72.9 Å². The number of hydroxylamine groups is 1. The molecule has 7 amide bonds. The predicted octanol–water partition coefficient (Wildman–Crippen LogP) is 4.10. The molecule has 3 heterocycles. The Morgan fingerprint density at radius 1 is 0.982 bits per heavy atom. The summed E-state index contributed by atoms with van der Waals surface area (Å²) in [6.07, 6.45) is 5.20. The summed E-state index contributed by atoms with van der Waals surface area (Å²) >= 11 is 0. The van der Waals surface area contributed by atoms with E-state index in [4.69, 9.17) is 9.94 Å². The van der Waals surface area contributed by atoms with Crippen molar-refractivity contribution < 1.29 is 38.7 Å². The van der Waals surface area contributed by atoms with Crippen molar-refractivity contribution in [3.05, 3.63) is 101 Å². The number of carbonyl (C=O) groups excluding carboxylic acids is 6. The van der Waals surface area contributed by atoms with Crippen molar-refractivity contribution in [3.63, 3.8) is 0 Å². The Balaban J connectivity index is 0.924. The monoisotopic (exact) mass is 765 g/mol. The van der Waals surface area contributed by atoms with E-state index < -0.39 is 35.6 Å². The van der Waals surface area contributed by atoms with E-state index in [1.807, 2.05) is 0 Å². The number of aryl methyl sites for hydroxylation is 1. The molecule has 0 radical (unpaired) electrons. The van der Waals surface area contributed by atoms with Gasteiger partial charge in [-0.2, -0.15) is 0 Å². The maximum atomic E-state index is 13.3. The molecule has 0 bridgehead atoms. The van der Waals surface area contributed by atoms with E-state index in [0.29, 0.717) is 54.6 Å². The van der Waals surface area contributed by atoms with Gasteiger partial charge in [0.05, 0.1) is 30.5 Å². The van der Waals surface area contributed by atoms with Gasteiger partial charge in [-0.25, -0.2) is 10.3 Å². The summed E-state index contributed by atoms with van der Waals surface area (Å²) in [7, 11) is 0. The molecule has 2 aliphatic heterocycles. The van der Waals surface area contributed by atoms with Crippen LogP contribution in [0.2, 0.25) is 0 Å². The Hall–Kier alpha value is -6.62. The number of ether oxygens (including phenoxy) is 1. The minimum atomic E-state index is -1.04. The highest BCUT2D eigenvalue weighted by molar-refractivity contribution is 6.25. The van der Waals surface area contributed by atoms with Crippen molar-refractivity contribution >= 4 is 46.9 Å². The Kier molecular flexibility index (Phi) is 12.7. The Labute approximate surface area is 322 Å². The largest absolute Gasteiger partial charge is 0.494 e. The number of nitrogens with zero attached hydrogens (tertiary/aromatic N) is 5. The molecular formula is C39H43N9O8. The molecule has 56 heavy (non-hydrogen) atoms. The highest BCUT2D eigenvalue weighted by Gasteiger charge is 2.45. The number of hydrogen-bond acceptors (Lipinski definition) is 11. The second-order valence-electron chi connectivity index (χ2n) is 13.4. The number of anilines is 2. The van der Waals surface area contributed by atoms with Gasteiger partial charge in [0, 0.05) is 43.0 Å². The summed E-state index contributed by atoms with van der Waals surface area (Å²) in [5.74, 6) is -2.18. The van der Waals surface area contributed by atoms with Crippen molar-refractivity contribution in [1.29, 1.82) is 0 Å². The van der Waals surface area contributed by atoms with Gasteiger partial charge in [-0.1, -0.05) is 36.8 Å². The number of piperidine rings is 1. The molecule has 6 rings (SSSR count).